The minimum Gasteiger partial charge on any atom is -0.487 e. The van der Waals surface area contributed by atoms with Gasteiger partial charge in [0.1, 0.15) is 12.7 Å². The standard InChI is InChI=1S/C21H24FNO7S/c1-31(26,27)29-13-18(23-21(25)28-12-14-5-3-2-4-6-14)20(24)15-7-10-19(17(22)11-15)30-16-8-9-16/h2-7,10-11,16,18,20,24H,8-9,12-13H2,1H3,(H,23,25)/t18-,20-/m1/s1. The second kappa shape index (κ2) is 10.1. The molecule has 2 atom stereocenters. The van der Waals surface area contributed by atoms with E-state index in [-0.39, 0.29) is 24.0 Å². The zero-order valence-corrected chi connectivity index (χ0v) is 17.7. The van der Waals surface area contributed by atoms with Gasteiger partial charge in [-0.05, 0) is 36.1 Å². The lowest BCUT2D eigenvalue weighted by atomic mass is 10.0. The second-order valence-electron chi connectivity index (χ2n) is 7.25. The Kier molecular flexibility index (Phi) is 7.47. The number of rotatable bonds is 10. The van der Waals surface area contributed by atoms with E-state index >= 15 is 0 Å². The van der Waals surface area contributed by atoms with Gasteiger partial charge in [-0.25, -0.2) is 9.18 Å². The van der Waals surface area contributed by atoms with E-state index in [4.69, 9.17) is 13.7 Å². The summed E-state index contributed by atoms with van der Waals surface area (Å²) < 4.78 is 52.4. The predicted octanol–water partition coefficient (Wildman–Crippen LogP) is 2.67. The van der Waals surface area contributed by atoms with Crippen LogP contribution in [-0.2, 0) is 25.6 Å². The fourth-order valence-corrected chi connectivity index (χ4v) is 3.11. The fraction of sp³-hybridized carbons (Fsp3) is 0.381. The third-order valence-electron chi connectivity index (χ3n) is 4.47. The number of ether oxygens (including phenoxy) is 2. The molecule has 1 aliphatic carbocycles. The highest BCUT2D eigenvalue weighted by atomic mass is 32.2. The van der Waals surface area contributed by atoms with Gasteiger partial charge in [0, 0.05) is 0 Å². The summed E-state index contributed by atoms with van der Waals surface area (Å²) in [7, 11) is -3.84. The van der Waals surface area contributed by atoms with Crippen molar-refractivity contribution in [2.24, 2.45) is 0 Å². The molecule has 0 radical (unpaired) electrons. The highest BCUT2D eigenvalue weighted by Crippen LogP contribution is 2.30. The number of aliphatic hydroxyl groups excluding tert-OH is 1. The van der Waals surface area contributed by atoms with E-state index in [1.807, 2.05) is 6.07 Å². The molecular formula is C21H24FNO7S. The Morgan fingerprint density at radius 2 is 1.94 bits per heavy atom. The van der Waals surface area contributed by atoms with E-state index in [1.54, 1.807) is 24.3 Å². The minimum absolute atomic E-state index is 0.00207. The zero-order valence-electron chi connectivity index (χ0n) is 16.9. The van der Waals surface area contributed by atoms with Gasteiger partial charge in [-0.3, -0.25) is 4.18 Å². The summed E-state index contributed by atoms with van der Waals surface area (Å²) in [6.45, 7) is -0.591. The van der Waals surface area contributed by atoms with E-state index in [9.17, 15) is 22.7 Å². The molecule has 31 heavy (non-hydrogen) atoms. The van der Waals surface area contributed by atoms with Crippen molar-refractivity contribution in [1.82, 2.24) is 5.32 Å². The molecule has 1 aliphatic rings. The first kappa shape index (κ1) is 23.0. The first-order valence-electron chi connectivity index (χ1n) is 9.67. The zero-order chi connectivity index (χ0) is 22.4. The Morgan fingerprint density at radius 1 is 1.23 bits per heavy atom. The van der Waals surface area contributed by atoms with Crippen LogP contribution in [0.25, 0.3) is 0 Å². The Hall–Kier alpha value is -2.69. The third kappa shape index (κ3) is 7.50. The molecular weight excluding hydrogens is 429 g/mol. The predicted molar refractivity (Wildman–Crippen MR) is 109 cm³/mol. The molecule has 0 saturated heterocycles. The van der Waals surface area contributed by atoms with E-state index in [2.05, 4.69) is 5.32 Å². The van der Waals surface area contributed by atoms with Gasteiger partial charge in [0.2, 0.25) is 0 Å². The van der Waals surface area contributed by atoms with Crippen LogP contribution in [-0.4, -0.2) is 44.6 Å². The molecule has 2 N–H and O–H groups in total. The topological polar surface area (TPSA) is 111 Å². The highest BCUT2D eigenvalue weighted by Gasteiger charge is 2.28. The van der Waals surface area contributed by atoms with E-state index in [1.165, 1.54) is 12.1 Å². The SMILES string of the molecule is CS(=O)(=O)OC[C@@H](NC(=O)OCc1ccccc1)[C@H](O)c1ccc(OC2CC2)c(F)c1. The normalized spacial score (nSPS) is 15.7. The van der Waals surface area contributed by atoms with Crippen LogP contribution in [0.3, 0.4) is 0 Å². The molecule has 0 aromatic heterocycles. The van der Waals surface area contributed by atoms with Crippen molar-refractivity contribution in [3.05, 3.63) is 65.5 Å². The van der Waals surface area contributed by atoms with Crippen molar-refractivity contribution in [3.8, 4) is 5.75 Å². The number of benzene rings is 2. The second-order valence-corrected chi connectivity index (χ2v) is 8.90. The van der Waals surface area contributed by atoms with E-state index in [0.29, 0.717) is 0 Å². The monoisotopic (exact) mass is 453 g/mol. The first-order valence-corrected chi connectivity index (χ1v) is 11.5. The molecule has 168 valence electrons. The van der Waals surface area contributed by atoms with Crippen molar-refractivity contribution < 1.29 is 36.4 Å². The van der Waals surface area contributed by atoms with Gasteiger partial charge in [0.05, 0.1) is 25.0 Å². The van der Waals surface area contributed by atoms with E-state index < -0.39 is 40.8 Å². The number of aliphatic hydroxyl groups is 1. The number of alkyl carbamates (subject to hydrolysis) is 1. The van der Waals surface area contributed by atoms with Crippen LogP contribution in [0, 0.1) is 5.82 Å². The average molecular weight is 453 g/mol. The van der Waals surface area contributed by atoms with Gasteiger partial charge in [0.25, 0.3) is 10.1 Å². The first-order chi connectivity index (χ1) is 14.7. The van der Waals surface area contributed by atoms with Crippen LogP contribution >= 0.6 is 0 Å². The van der Waals surface area contributed by atoms with Crippen LogP contribution in [0.2, 0.25) is 0 Å². The van der Waals surface area contributed by atoms with Crippen molar-refractivity contribution >= 4 is 16.2 Å². The van der Waals surface area contributed by atoms with Crippen LogP contribution in [0.15, 0.2) is 48.5 Å². The number of carbonyl (C=O) groups is 1. The fourth-order valence-electron chi connectivity index (χ4n) is 2.72. The number of halogens is 1. The molecule has 1 fully saturated rings. The van der Waals surface area contributed by atoms with Gasteiger partial charge in [-0.1, -0.05) is 36.4 Å². The third-order valence-corrected chi connectivity index (χ3v) is 5.04. The average Bonchev–Trinajstić information content (AvgIpc) is 3.55. The maximum atomic E-state index is 14.3. The molecule has 3 rings (SSSR count). The summed E-state index contributed by atoms with van der Waals surface area (Å²) in [5.74, 6) is -0.601. The van der Waals surface area contributed by atoms with Crippen LogP contribution in [0.1, 0.15) is 30.1 Å². The van der Waals surface area contributed by atoms with Gasteiger partial charge in [0.15, 0.2) is 11.6 Å². The molecule has 2 aromatic carbocycles. The lowest BCUT2D eigenvalue weighted by Crippen LogP contribution is -2.43. The number of hydrogen-bond acceptors (Lipinski definition) is 7. The van der Waals surface area contributed by atoms with Crippen LogP contribution < -0.4 is 10.1 Å². The van der Waals surface area contributed by atoms with Crippen molar-refractivity contribution in [2.75, 3.05) is 12.9 Å². The highest BCUT2D eigenvalue weighted by molar-refractivity contribution is 7.85. The lowest BCUT2D eigenvalue weighted by Gasteiger charge is -2.24. The van der Waals surface area contributed by atoms with Crippen molar-refractivity contribution in [2.45, 2.75) is 37.7 Å². The molecule has 0 unspecified atom stereocenters. The molecule has 8 nitrogen and oxygen atoms in total. The smallest absolute Gasteiger partial charge is 0.407 e. The number of hydrogen-bond donors (Lipinski definition) is 2. The molecule has 0 bridgehead atoms. The van der Waals surface area contributed by atoms with Crippen molar-refractivity contribution in [3.63, 3.8) is 0 Å². The van der Waals surface area contributed by atoms with Gasteiger partial charge < -0.3 is 19.9 Å². The summed E-state index contributed by atoms with van der Waals surface area (Å²) in [6.07, 6.45) is 0.221. The Labute approximate surface area is 180 Å². The summed E-state index contributed by atoms with van der Waals surface area (Å²) in [5, 5.41) is 13.0. The maximum absolute atomic E-state index is 14.3. The number of amides is 1. The number of carbonyl (C=O) groups excluding carboxylic acids is 1. The summed E-state index contributed by atoms with van der Waals surface area (Å²) in [5.41, 5.74) is 0.863. The lowest BCUT2D eigenvalue weighted by molar-refractivity contribution is 0.0826. The largest absolute Gasteiger partial charge is 0.487 e. The molecule has 2 aromatic rings. The summed E-state index contributed by atoms with van der Waals surface area (Å²) >= 11 is 0. The molecule has 1 saturated carbocycles. The Morgan fingerprint density at radius 3 is 2.55 bits per heavy atom. The summed E-state index contributed by atoms with van der Waals surface area (Å²) in [6, 6.07) is 11.6. The van der Waals surface area contributed by atoms with E-state index in [0.717, 1.165) is 30.7 Å². The Bertz CT molecular complexity index is 996. The molecule has 1 amide bonds. The molecule has 0 aliphatic heterocycles. The van der Waals surface area contributed by atoms with Gasteiger partial charge >= 0.3 is 6.09 Å². The van der Waals surface area contributed by atoms with Gasteiger partial charge in [-0.2, -0.15) is 8.42 Å². The van der Waals surface area contributed by atoms with Crippen LogP contribution in [0.5, 0.6) is 5.75 Å². The summed E-state index contributed by atoms with van der Waals surface area (Å²) in [4.78, 5) is 12.2. The van der Waals surface area contributed by atoms with Crippen LogP contribution in [0.4, 0.5) is 9.18 Å². The molecule has 0 heterocycles. The maximum Gasteiger partial charge on any atom is 0.407 e. The quantitative estimate of drug-likeness (QED) is 0.532. The number of nitrogens with one attached hydrogen (secondary N) is 1. The van der Waals surface area contributed by atoms with Gasteiger partial charge in [-0.15, -0.1) is 0 Å². The molecule has 10 heteroatoms. The molecule has 0 spiro atoms. The van der Waals surface area contributed by atoms with Crippen molar-refractivity contribution in [1.29, 1.82) is 0 Å². The Balaban J connectivity index is 1.67. The minimum atomic E-state index is -3.84.